The minimum absolute atomic E-state index is 0.0290. The smallest absolute Gasteiger partial charge is 0.339 e. The van der Waals surface area contributed by atoms with Crippen LogP contribution in [-0.2, 0) is 10.1 Å². The molecule has 2 aromatic carbocycles. The van der Waals surface area contributed by atoms with Gasteiger partial charge in [0.15, 0.2) is 11.5 Å². The molecule has 0 saturated carbocycles. The average Bonchev–Trinajstić information content (AvgIpc) is 2.48. The summed E-state index contributed by atoms with van der Waals surface area (Å²) < 4.78 is 39.8. The van der Waals surface area contributed by atoms with Crippen molar-refractivity contribution in [3.8, 4) is 17.2 Å². The summed E-state index contributed by atoms with van der Waals surface area (Å²) in [4.78, 5) is 0.0629. The maximum absolute atomic E-state index is 12.2. The molecule has 20 heavy (non-hydrogen) atoms. The number of ether oxygens (including phenoxy) is 2. The Hall–Kier alpha value is -2.21. The zero-order chi connectivity index (χ0) is 14.6. The molecule has 0 unspecified atom stereocenters. The molecule has 0 fully saturated rings. The molecule has 0 aliphatic heterocycles. The van der Waals surface area contributed by atoms with Gasteiger partial charge in [0, 0.05) is 0 Å². The molecular weight excluding hydrogens is 280 g/mol. The molecule has 2 aromatic rings. The van der Waals surface area contributed by atoms with Gasteiger partial charge in [-0.2, -0.15) is 8.42 Å². The van der Waals surface area contributed by atoms with Crippen LogP contribution >= 0.6 is 0 Å². The van der Waals surface area contributed by atoms with Gasteiger partial charge in [-0.3, -0.25) is 0 Å². The summed E-state index contributed by atoms with van der Waals surface area (Å²) in [5.41, 5.74) is 0. The highest BCUT2D eigenvalue weighted by Crippen LogP contribution is 2.38. The van der Waals surface area contributed by atoms with E-state index in [0.29, 0.717) is 0 Å². The summed E-state index contributed by atoms with van der Waals surface area (Å²) >= 11 is 0. The molecule has 0 aliphatic rings. The zero-order valence-corrected chi connectivity index (χ0v) is 11.9. The van der Waals surface area contributed by atoms with Gasteiger partial charge < -0.3 is 13.7 Å². The Bertz CT molecular complexity index is 658. The lowest BCUT2D eigenvalue weighted by Crippen LogP contribution is -2.11. The van der Waals surface area contributed by atoms with Gasteiger partial charge in [0.1, 0.15) is 4.90 Å². The van der Waals surface area contributed by atoms with Crippen LogP contribution in [0.25, 0.3) is 0 Å². The SMILES string of the molecule is COc1cccc(OC)c1OS(=O)(=O)c1ccccc1. The van der Waals surface area contributed by atoms with Gasteiger partial charge >= 0.3 is 10.1 Å². The Labute approximate surface area is 117 Å². The van der Waals surface area contributed by atoms with Gasteiger partial charge in [-0.1, -0.05) is 24.3 Å². The molecule has 0 bridgehead atoms. The van der Waals surface area contributed by atoms with E-state index in [4.69, 9.17) is 13.7 Å². The maximum atomic E-state index is 12.2. The molecule has 0 spiro atoms. The van der Waals surface area contributed by atoms with Crippen molar-refractivity contribution >= 4 is 10.1 Å². The average molecular weight is 294 g/mol. The quantitative estimate of drug-likeness (QED) is 0.793. The van der Waals surface area contributed by atoms with Crippen molar-refractivity contribution in [2.24, 2.45) is 0 Å². The third-order valence-electron chi connectivity index (χ3n) is 2.61. The van der Waals surface area contributed by atoms with Crippen LogP contribution < -0.4 is 13.7 Å². The molecule has 0 amide bonds. The van der Waals surface area contributed by atoms with Crippen molar-refractivity contribution in [2.45, 2.75) is 4.90 Å². The summed E-state index contributed by atoms with van der Waals surface area (Å²) in [7, 11) is -1.08. The second-order valence-corrected chi connectivity index (χ2v) is 5.39. The van der Waals surface area contributed by atoms with Gasteiger partial charge in [-0.25, -0.2) is 0 Å². The van der Waals surface area contributed by atoms with E-state index in [-0.39, 0.29) is 22.1 Å². The molecule has 0 heterocycles. The lowest BCUT2D eigenvalue weighted by atomic mass is 10.3. The Morgan fingerprint density at radius 1 is 0.800 bits per heavy atom. The second-order valence-electron chi connectivity index (χ2n) is 3.84. The topological polar surface area (TPSA) is 61.8 Å². The Balaban J connectivity index is 2.44. The van der Waals surface area contributed by atoms with E-state index in [1.165, 1.54) is 26.4 Å². The van der Waals surface area contributed by atoms with Gasteiger partial charge in [0.2, 0.25) is 5.75 Å². The van der Waals surface area contributed by atoms with Crippen LogP contribution in [0.2, 0.25) is 0 Å². The number of hydrogen-bond donors (Lipinski definition) is 0. The van der Waals surface area contributed by atoms with Gasteiger partial charge in [0.05, 0.1) is 14.2 Å². The largest absolute Gasteiger partial charge is 0.493 e. The molecule has 5 nitrogen and oxygen atoms in total. The summed E-state index contributed by atoms with van der Waals surface area (Å²) in [6.45, 7) is 0. The van der Waals surface area contributed by atoms with E-state index in [1.54, 1.807) is 36.4 Å². The summed E-state index contributed by atoms with van der Waals surface area (Å²) in [5.74, 6) is 0.592. The number of rotatable bonds is 5. The van der Waals surface area contributed by atoms with Crippen LogP contribution in [0.1, 0.15) is 0 Å². The number of para-hydroxylation sites is 1. The van der Waals surface area contributed by atoms with E-state index < -0.39 is 10.1 Å². The van der Waals surface area contributed by atoms with Crippen molar-refractivity contribution < 1.29 is 22.1 Å². The van der Waals surface area contributed by atoms with Crippen LogP contribution in [0.15, 0.2) is 53.4 Å². The molecule has 2 rings (SSSR count). The second kappa shape index (κ2) is 5.83. The normalized spacial score (nSPS) is 10.9. The van der Waals surface area contributed by atoms with E-state index in [9.17, 15) is 8.42 Å². The summed E-state index contributed by atoms with van der Waals surface area (Å²) in [5, 5.41) is 0. The van der Waals surface area contributed by atoms with E-state index in [0.717, 1.165) is 0 Å². The predicted molar refractivity (Wildman–Crippen MR) is 73.8 cm³/mol. The van der Waals surface area contributed by atoms with E-state index in [2.05, 4.69) is 0 Å². The summed E-state index contributed by atoms with van der Waals surface area (Å²) in [6.07, 6.45) is 0. The first-order chi connectivity index (χ1) is 9.58. The first-order valence-electron chi connectivity index (χ1n) is 5.79. The predicted octanol–water partition coefficient (Wildman–Crippen LogP) is 2.47. The van der Waals surface area contributed by atoms with E-state index in [1.807, 2.05) is 0 Å². The molecule has 0 saturated heterocycles. The molecule has 6 heteroatoms. The fraction of sp³-hybridized carbons (Fsp3) is 0.143. The third-order valence-corrected chi connectivity index (χ3v) is 3.84. The van der Waals surface area contributed by atoms with Gasteiger partial charge in [-0.15, -0.1) is 0 Å². The summed E-state index contributed by atoms with van der Waals surface area (Å²) in [6, 6.07) is 12.7. The van der Waals surface area contributed by atoms with Crippen LogP contribution in [0.4, 0.5) is 0 Å². The number of benzene rings is 2. The highest BCUT2D eigenvalue weighted by atomic mass is 32.2. The van der Waals surface area contributed by atoms with Gasteiger partial charge in [0.25, 0.3) is 0 Å². The number of methoxy groups -OCH3 is 2. The van der Waals surface area contributed by atoms with E-state index >= 15 is 0 Å². The fourth-order valence-electron chi connectivity index (χ4n) is 1.64. The first-order valence-corrected chi connectivity index (χ1v) is 7.20. The van der Waals surface area contributed by atoms with Crippen LogP contribution in [-0.4, -0.2) is 22.6 Å². The molecular formula is C14H14O5S. The third kappa shape index (κ3) is 2.85. The minimum Gasteiger partial charge on any atom is -0.493 e. The molecule has 0 aromatic heterocycles. The maximum Gasteiger partial charge on any atom is 0.339 e. The minimum atomic E-state index is -3.94. The Morgan fingerprint density at radius 2 is 1.35 bits per heavy atom. The number of hydrogen-bond acceptors (Lipinski definition) is 5. The van der Waals surface area contributed by atoms with Crippen LogP contribution in [0, 0.1) is 0 Å². The molecule has 0 aliphatic carbocycles. The molecule has 0 atom stereocenters. The van der Waals surface area contributed by atoms with Gasteiger partial charge in [-0.05, 0) is 24.3 Å². The highest BCUT2D eigenvalue weighted by Gasteiger charge is 2.21. The molecule has 106 valence electrons. The fourth-order valence-corrected chi connectivity index (χ4v) is 2.61. The van der Waals surface area contributed by atoms with Crippen molar-refractivity contribution in [1.82, 2.24) is 0 Å². The Morgan fingerprint density at radius 3 is 1.85 bits per heavy atom. The van der Waals surface area contributed by atoms with Crippen LogP contribution in [0.5, 0.6) is 17.2 Å². The van der Waals surface area contributed by atoms with Crippen molar-refractivity contribution in [3.05, 3.63) is 48.5 Å². The molecule has 0 radical (unpaired) electrons. The zero-order valence-electron chi connectivity index (χ0n) is 11.1. The molecule has 0 N–H and O–H groups in total. The standard InChI is InChI=1S/C14H14O5S/c1-17-12-9-6-10-13(18-2)14(12)19-20(15,16)11-7-4-3-5-8-11/h3-10H,1-2H3. The monoisotopic (exact) mass is 294 g/mol. The van der Waals surface area contributed by atoms with Crippen molar-refractivity contribution in [1.29, 1.82) is 0 Å². The Kier molecular flexibility index (Phi) is 4.14. The van der Waals surface area contributed by atoms with Crippen LogP contribution in [0.3, 0.4) is 0 Å². The first kappa shape index (κ1) is 14.2. The van der Waals surface area contributed by atoms with Crippen molar-refractivity contribution in [2.75, 3.05) is 14.2 Å². The highest BCUT2D eigenvalue weighted by molar-refractivity contribution is 7.87. The lowest BCUT2D eigenvalue weighted by molar-refractivity contribution is 0.360. The lowest BCUT2D eigenvalue weighted by Gasteiger charge is -2.13. The van der Waals surface area contributed by atoms with Crippen molar-refractivity contribution in [3.63, 3.8) is 0 Å².